The number of aromatic nitrogens is 8. The number of aromatic amines is 1. The van der Waals surface area contributed by atoms with Crippen molar-refractivity contribution in [3.8, 4) is 22.6 Å². The number of carbonyl (C=O) groups excluding carboxylic acids is 1. The normalized spacial score (nSPS) is 19.1. The average Bonchev–Trinajstić information content (AvgIpc) is 3.74. The predicted molar refractivity (Wildman–Crippen MR) is 164 cm³/mol. The first-order valence-corrected chi connectivity index (χ1v) is 15.7. The molecule has 0 atom stereocenters. The van der Waals surface area contributed by atoms with Gasteiger partial charge in [-0.25, -0.2) is 19.7 Å². The number of halogens is 7. The van der Waals surface area contributed by atoms with Gasteiger partial charge in [-0.05, 0) is 38.5 Å². The van der Waals surface area contributed by atoms with E-state index in [0.29, 0.717) is 56.4 Å². The van der Waals surface area contributed by atoms with Gasteiger partial charge in [0.25, 0.3) is 0 Å². The van der Waals surface area contributed by atoms with E-state index in [9.17, 15) is 31.1 Å². The van der Waals surface area contributed by atoms with Gasteiger partial charge in [-0.2, -0.15) is 36.5 Å². The van der Waals surface area contributed by atoms with Crippen molar-refractivity contribution in [3.05, 3.63) is 47.8 Å². The maximum atomic E-state index is 13.7. The number of H-pyrrole nitrogens is 1. The van der Waals surface area contributed by atoms with E-state index in [2.05, 4.69) is 40.5 Å². The molecule has 0 radical (unpaired) electrons. The maximum Gasteiger partial charge on any atom is 0.420 e. The third kappa shape index (κ3) is 8.21. The van der Waals surface area contributed by atoms with Gasteiger partial charge in [-0.3, -0.25) is 19.7 Å². The number of carbonyl (C=O) groups is 1. The lowest BCUT2D eigenvalue weighted by atomic mass is 9.90. The highest BCUT2D eigenvalue weighted by Gasteiger charge is 2.37. The Kier molecular flexibility index (Phi) is 9.91. The minimum atomic E-state index is -4.76. The second-order valence-electron chi connectivity index (χ2n) is 11.7. The molecule has 0 bridgehead atoms. The van der Waals surface area contributed by atoms with Crippen molar-refractivity contribution in [2.45, 2.75) is 69.0 Å². The minimum Gasteiger partial charge on any atom is -0.381 e. The number of anilines is 2. The standard InChI is InChI=1S/C29H30ClF6N11O2/c30-21-11-41-45-25(21)24-20(29(34,35)36)10-39-26(44-24)43-17-1-3-19(4-2-17)47(27(48)40-15-28(31,32)33)23-13-37-22(12-38-23)16-9-42-46(14-16)18-5-7-49-8-6-18/h9-14,17-19H,1-8,15H2,(H,40,48)(H,41,45)(H,39,43,44). The molecule has 2 aliphatic rings. The molecule has 0 aromatic carbocycles. The Morgan fingerprint density at radius 2 is 1.73 bits per heavy atom. The zero-order valence-corrected chi connectivity index (χ0v) is 26.4. The Balaban J connectivity index is 1.16. The Labute approximate surface area is 279 Å². The summed E-state index contributed by atoms with van der Waals surface area (Å²) in [6.07, 6.45) is 1.72. The highest BCUT2D eigenvalue weighted by molar-refractivity contribution is 6.32. The lowest BCUT2D eigenvalue weighted by molar-refractivity contribution is -0.137. The van der Waals surface area contributed by atoms with Crippen LogP contribution in [0.3, 0.4) is 0 Å². The predicted octanol–water partition coefficient (Wildman–Crippen LogP) is 6.05. The zero-order chi connectivity index (χ0) is 34.8. The lowest BCUT2D eigenvalue weighted by Gasteiger charge is -2.36. The largest absolute Gasteiger partial charge is 0.420 e. The average molecular weight is 714 g/mol. The highest BCUT2D eigenvalue weighted by Crippen LogP contribution is 2.38. The van der Waals surface area contributed by atoms with Crippen molar-refractivity contribution in [3.63, 3.8) is 0 Å². The number of rotatable bonds is 8. The summed E-state index contributed by atoms with van der Waals surface area (Å²) in [4.78, 5) is 31.1. The first kappa shape index (κ1) is 34.3. The summed E-state index contributed by atoms with van der Waals surface area (Å²) >= 11 is 6.02. The first-order chi connectivity index (χ1) is 23.4. The van der Waals surface area contributed by atoms with E-state index in [1.54, 1.807) is 6.20 Å². The molecule has 1 aliphatic carbocycles. The van der Waals surface area contributed by atoms with Gasteiger partial charge in [0.2, 0.25) is 5.95 Å². The number of nitrogens with zero attached hydrogens (tertiary/aromatic N) is 8. The van der Waals surface area contributed by atoms with Gasteiger partial charge in [0.1, 0.15) is 23.5 Å². The smallest absolute Gasteiger partial charge is 0.381 e. The maximum absolute atomic E-state index is 13.7. The fourth-order valence-electron chi connectivity index (χ4n) is 5.88. The molecule has 2 amide bonds. The van der Waals surface area contributed by atoms with E-state index < -0.39 is 42.2 Å². The third-order valence-electron chi connectivity index (χ3n) is 8.33. The Morgan fingerprint density at radius 1 is 0.980 bits per heavy atom. The van der Waals surface area contributed by atoms with Crippen LogP contribution in [0.15, 0.2) is 37.2 Å². The monoisotopic (exact) mass is 713 g/mol. The fourth-order valence-corrected chi connectivity index (χ4v) is 6.06. The molecule has 0 unspecified atom stereocenters. The van der Waals surface area contributed by atoms with Gasteiger partial charge >= 0.3 is 18.4 Å². The quantitative estimate of drug-likeness (QED) is 0.186. The van der Waals surface area contributed by atoms with E-state index in [0.717, 1.165) is 23.9 Å². The summed E-state index contributed by atoms with van der Waals surface area (Å²) in [7, 11) is 0. The number of hydrogen-bond donors (Lipinski definition) is 3. The fraction of sp³-hybridized carbons (Fsp3) is 0.483. The van der Waals surface area contributed by atoms with Crippen molar-refractivity contribution in [1.82, 2.24) is 45.2 Å². The number of alkyl halides is 6. The number of nitrogens with one attached hydrogen (secondary N) is 3. The number of urea groups is 1. The first-order valence-electron chi connectivity index (χ1n) is 15.3. The molecule has 49 heavy (non-hydrogen) atoms. The minimum absolute atomic E-state index is 0.0549. The molecule has 6 rings (SSSR count). The van der Waals surface area contributed by atoms with Gasteiger partial charge < -0.3 is 15.4 Å². The molecule has 0 spiro atoms. The van der Waals surface area contributed by atoms with E-state index >= 15 is 0 Å². The molecule has 1 saturated heterocycles. The van der Waals surface area contributed by atoms with Crippen LogP contribution in [-0.2, 0) is 10.9 Å². The molecule has 4 aromatic heterocycles. The summed E-state index contributed by atoms with van der Waals surface area (Å²) in [6, 6.07) is -1.68. The molecular weight excluding hydrogens is 684 g/mol. The number of ether oxygens (including phenoxy) is 1. The SMILES string of the molecule is O=C(NCC(F)(F)F)N(c1cnc(-c2cnn(C3CCOCC3)c2)cn1)C1CCC(Nc2ncc(C(F)(F)F)c(-c3[nH]ncc3Cl)n2)CC1. The van der Waals surface area contributed by atoms with Crippen LogP contribution in [0.2, 0.25) is 5.02 Å². The molecule has 5 heterocycles. The van der Waals surface area contributed by atoms with Crippen LogP contribution < -0.4 is 15.5 Å². The summed E-state index contributed by atoms with van der Waals surface area (Å²) in [6.45, 7) is -0.253. The Hall–Kier alpha value is -4.52. The van der Waals surface area contributed by atoms with Gasteiger partial charge in [0.05, 0.1) is 41.5 Å². The molecular formula is C29H30ClF6N11O2. The lowest BCUT2D eigenvalue weighted by Crippen LogP contribution is -2.50. The molecule has 4 aromatic rings. The highest BCUT2D eigenvalue weighted by atomic mass is 35.5. The molecule has 2 fully saturated rings. The molecule has 20 heteroatoms. The van der Waals surface area contributed by atoms with E-state index in [4.69, 9.17) is 16.3 Å². The van der Waals surface area contributed by atoms with Gasteiger partial charge in [0.15, 0.2) is 5.82 Å². The van der Waals surface area contributed by atoms with Crippen molar-refractivity contribution in [2.24, 2.45) is 0 Å². The molecule has 1 saturated carbocycles. The number of amides is 2. The van der Waals surface area contributed by atoms with Crippen molar-refractivity contribution >= 4 is 29.4 Å². The van der Waals surface area contributed by atoms with E-state index in [1.165, 1.54) is 12.4 Å². The van der Waals surface area contributed by atoms with Crippen LogP contribution in [0.5, 0.6) is 0 Å². The molecule has 3 N–H and O–H groups in total. The molecule has 1 aliphatic heterocycles. The summed E-state index contributed by atoms with van der Waals surface area (Å²) in [5.41, 5.74) is -0.545. The Morgan fingerprint density at radius 3 is 2.37 bits per heavy atom. The van der Waals surface area contributed by atoms with E-state index in [-0.39, 0.29) is 34.6 Å². The van der Waals surface area contributed by atoms with Crippen LogP contribution in [0, 0.1) is 0 Å². The van der Waals surface area contributed by atoms with Crippen LogP contribution in [0.4, 0.5) is 42.9 Å². The van der Waals surface area contributed by atoms with E-state index in [1.807, 2.05) is 16.2 Å². The van der Waals surface area contributed by atoms with Gasteiger partial charge in [-0.1, -0.05) is 11.6 Å². The Bertz CT molecular complexity index is 1730. The molecule has 13 nitrogen and oxygen atoms in total. The second kappa shape index (κ2) is 14.1. The summed E-state index contributed by atoms with van der Waals surface area (Å²) < 4.78 is 87.4. The second-order valence-corrected chi connectivity index (χ2v) is 12.1. The van der Waals surface area contributed by atoms with Crippen LogP contribution in [-0.4, -0.2) is 84.0 Å². The van der Waals surface area contributed by atoms with Crippen LogP contribution in [0.25, 0.3) is 22.6 Å². The van der Waals surface area contributed by atoms with Crippen molar-refractivity contribution < 1.29 is 35.9 Å². The van der Waals surface area contributed by atoms with Gasteiger partial charge in [-0.15, -0.1) is 0 Å². The number of hydrogen-bond acceptors (Lipinski definition) is 9. The third-order valence-corrected chi connectivity index (χ3v) is 8.61. The topological polar surface area (TPSA) is 152 Å². The summed E-state index contributed by atoms with van der Waals surface area (Å²) in [5, 5.41) is 15.4. The van der Waals surface area contributed by atoms with Crippen LogP contribution >= 0.6 is 11.6 Å². The van der Waals surface area contributed by atoms with Crippen molar-refractivity contribution in [2.75, 3.05) is 30.0 Å². The molecule has 262 valence electrons. The van der Waals surface area contributed by atoms with Crippen molar-refractivity contribution in [1.29, 1.82) is 0 Å². The summed E-state index contributed by atoms with van der Waals surface area (Å²) in [5.74, 6) is -0.0257. The zero-order valence-electron chi connectivity index (χ0n) is 25.6. The van der Waals surface area contributed by atoms with Gasteiger partial charge in [0, 0.05) is 43.3 Å². The van der Waals surface area contributed by atoms with Crippen LogP contribution in [0.1, 0.15) is 50.1 Å².